The maximum atomic E-state index is 12.4. The molecular weight excluding hydrogens is 454 g/mol. The van der Waals surface area contributed by atoms with Crippen LogP contribution in [0.3, 0.4) is 0 Å². The van der Waals surface area contributed by atoms with E-state index in [0.29, 0.717) is 13.0 Å². The van der Waals surface area contributed by atoms with Crippen molar-refractivity contribution in [2.75, 3.05) is 19.6 Å². The van der Waals surface area contributed by atoms with Crippen LogP contribution in [0.4, 0.5) is 0 Å². The Bertz CT molecular complexity index is 798. The Morgan fingerprint density at radius 2 is 1.38 bits per heavy atom. The van der Waals surface area contributed by atoms with Crippen LogP contribution < -0.4 is 38.1 Å². The molecule has 1 saturated heterocycles. The van der Waals surface area contributed by atoms with Crippen LogP contribution in [0.5, 0.6) is 0 Å². The van der Waals surface area contributed by atoms with Crippen molar-refractivity contribution in [1.29, 1.82) is 0 Å². The molecule has 1 fully saturated rings. The van der Waals surface area contributed by atoms with Crippen LogP contribution in [0.1, 0.15) is 38.5 Å². The quantitative estimate of drug-likeness (QED) is 0.111. The summed E-state index contributed by atoms with van der Waals surface area (Å²) in [7, 11) is 0. The first-order chi connectivity index (χ1) is 16.0. The highest BCUT2D eigenvalue weighted by Gasteiger charge is 2.25. The summed E-state index contributed by atoms with van der Waals surface area (Å²) in [4.78, 5) is 81.7. The molecule has 34 heavy (non-hydrogen) atoms. The SMILES string of the molecule is NC(=O)CC[C@H](NC(=O)CNC(=O)[C@H](CCC(N)=O)NC(=O)CNC(=O)[C@@H]1CCCN1)C(=O)O. The van der Waals surface area contributed by atoms with Crippen molar-refractivity contribution < 1.29 is 38.7 Å². The molecule has 0 aliphatic carbocycles. The molecule has 0 radical (unpaired) electrons. The number of primary amides is 2. The van der Waals surface area contributed by atoms with E-state index in [1.807, 2.05) is 0 Å². The number of nitrogens with one attached hydrogen (secondary N) is 5. The van der Waals surface area contributed by atoms with E-state index in [0.717, 1.165) is 6.42 Å². The normalized spacial score (nSPS) is 16.5. The number of aliphatic carboxylic acids is 1. The molecule has 0 unspecified atom stereocenters. The fourth-order valence-corrected chi connectivity index (χ4v) is 3.08. The number of hydrogen-bond acceptors (Lipinski definition) is 8. The summed E-state index contributed by atoms with van der Waals surface area (Å²) in [6, 6.07) is -3.02. The van der Waals surface area contributed by atoms with Crippen LogP contribution in [0, 0.1) is 0 Å². The number of carboxylic acids is 1. The molecule has 0 aromatic carbocycles. The largest absolute Gasteiger partial charge is 0.480 e. The molecule has 0 aromatic heterocycles. The number of carbonyl (C=O) groups excluding carboxylic acids is 6. The molecule has 1 rings (SSSR count). The lowest BCUT2D eigenvalue weighted by atomic mass is 10.1. The molecule has 0 saturated carbocycles. The summed E-state index contributed by atoms with van der Waals surface area (Å²) in [5, 5.41) is 21.3. The van der Waals surface area contributed by atoms with Gasteiger partial charge in [-0.15, -0.1) is 0 Å². The van der Waals surface area contributed by atoms with Gasteiger partial charge < -0.3 is 43.2 Å². The van der Waals surface area contributed by atoms with Crippen LogP contribution in [-0.4, -0.2) is 84.3 Å². The molecule has 0 bridgehead atoms. The van der Waals surface area contributed by atoms with Crippen LogP contribution in [0.25, 0.3) is 0 Å². The van der Waals surface area contributed by atoms with Gasteiger partial charge in [-0.05, 0) is 32.2 Å². The van der Waals surface area contributed by atoms with Crippen LogP contribution in [0.15, 0.2) is 0 Å². The fourth-order valence-electron chi connectivity index (χ4n) is 3.08. The van der Waals surface area contributed by atoms with Crippen molar-refractivity contribution in [3.63, 3.8) is 0 Å². The summed E-state index contributed by atoms with van der Waals surface area (Å²) < 4.78 is 0. The molecule has 1 aliphatic rings. The Morgan fingerprint density at radius 3 is 1.88 bits per heavy atom. The van der Waals surface area contributed by atoms with Gasteiger partial charge in [-0.3, -0.25) is 28.8 Å². The van der Waals surface area contributed by atoms with Crippen molar-refractivity contribution in [3.05, 3.63) is 0 Å². The molecule has 190 valence electrons. The Hall–Kier alpha value is -3.75. The molecular formula is C19H31N7O8. The van der Waals surface area contributed by atoms with Crippen molar-refractivity contribution in [1.82, 2.24) is 26.6 Å². The predicted molar refractivity (Wildman–Crippen MR) is 115 cm³/mol. The highest BCUT2D eigenvalue weighted by Crippen LogP contribution is 2.04. The van der Waals surface area contributed by atoms with Gasteiger partial charge in [-0.25, -0.2) is 4.79 Å². The molecule has 6 amide bonds. The Balaban J connectivity index is 2.57. The van der Waals surface area contributed by atoms with Crippen molar-refractivity contribution in [2.45, 2.75) is 56.7 Å². The smallest absolute Gasteiger partial charge is 0.326 e. The van der Waals surface area contributed by atoms with Crippen molar-refractivity contribution >= 4 is 41.4 Å². The predicted octanol–water partition coefficient (Wildman–Crippen LogP) is -4.44. The lowest BCUT2D eigenvalue weighted by Crippen LogP contribution is -2.53. The fraction of sp³-hybridized carbons (Fsp3) is 0.632. The van der Waals surface area contributed by atoms with E-state index in [1.54, 1.807) is 0 Å². The van der Waals surface area contributed by atoms with Gasteiger partial charge in [0.2, 0.25) is 35.4 Å². The number of carbonyl (C=O) groups is 7. The van der Waals surface area contributed by atoms with Crippen LogP contribution in [-0.2, 0) is 33.6 Å². The van der Waals surface area contributed by atoms with Gasteiger partial charge in [-0.1, -0.05) is 0 Å². The minimum Gasteiger partial charge on any atom is -0.480 e. The summed E-state index contributed by atoms with van der Waals surface area (Å²) in [5.74, 6) is -5.58. The zero-order valence-corrected chi connectivity index (χ0v) is 18.6. The van der Waals surface area contributed by atoms with Gasteiger partial charge in [0.15, 0.2) is 0 Å². The third-order valence-corrected chi connectivity index (χ3v) is 4.87. The van der Waals surface area contributed by atoms with Crippen LogP contribution >= 0.6 is 0 Å². The maximum absolute atomic E-state index is 12.4. The highest BCUT2D eigenvalue weighted by molar-refractivity contribution is 5.93. The summed E-state index contributed by atoms with van der Waals surface area (Å²) >= 11 is 0. The number of amides is 6. The highest BCUT2D eigenvalue weighted by atomic mass is 16.4. The minimum atomic E-state index is -1.39. The second-order valence-corrected chi connectivity index (χ2v) is 7.67. The Kier molecular flexibility index (Phi) is 12.0. The van der Waals surface area contributed by atoms with E-state index in [-0.39, 0.29) is 31.6 Å². The van der Waals surface area contributed by atoms with Gasteiger partial charge >= 0.3 is 5.97 Å². The topological polar surface area (TPSA) is 252 Å². The zero-order valence-electron chi connectivity index (χ0n) is 18.6. The number of nitrogens with two attached hydrogens (primary N) is 2. The average Bonchev–Trinajstić information content (AvgIpc) is 3.30. The molecule has 0 spiro atoms. The zero-order chi connectivity index (χ0) is 25.7. The number of rotatable bonds is 15. The Morgan fingerprint density at radius 1 is 0.853 bits per heavy atom. The standard InChI is InChI=1S/C19H31N7O8/c20-13(27)5-3-11(25-15(29)8-23-17(31)10-2-1-7-22-10)18(32)24-9-16(30)26-12(19(33)34)4-6-14(21)28/h10-12,22H,1-9H2,(H2,20,27)(H2,21,28)(H,23,31)(H,24,32)(H,25,29)(H,26,30)(H,33,34)/t10-,11-,12-/m0/s1. The molecule has 3 atom stereocenters. The Labute approximate surface area is 195 Å². The van der Waals surface area contributed by atoms with E-state index in [2.05, 4.69) is 26.6 Å². The van der Waals surface area contributed by atoms with E-state index < -0.39 is 66.7 Å². The van der Waals surface area contributed by atoms with Crippen LogP contribution in [0.2, 0.25) is 0 Å². The monoisotopic (exact) mass is 485 g/mol. The van der Waals surface area contributed by atoms with Gasteiger partial charge in [0.05, 0.1) is 19.1 Å². The lowest BCUT2D eigenvalue weighted by molar-refractivity contribution is -0.142. The molecule has 15 nitrogen and oxygen atoms in total. The first-order valence-corrected chi connectivity index (χ1v) is 10.7. The first-order valence-electron chi connectivity index (χ1n) is 10.7. The average molecular weight is 485 g/mol. The second kappa shape index (κ2) is 14.4. The minimum absolute atomic E-state index is 0.164. The number of hydrogen-bond donors (Lipinski definition) is 8. The van der Waals surface area contributed by atoms with Gasteiger partial charge in [-0.2, -0.15) is 0 Å². The molecule has 0 aromatic rings. The van der Waals surface area contributed by atoms with Gasteiger partial charge in [0.25, 0.3) is 0 Å². The van der Waals surface area contributed by atoms with Gasteiger partial charge in [0, 0.05) is 12.8 Å². The molecule has 10 N–H and O–H groups in total. The third kappa shape index (κ3) is 11.2. The van der Waals surface area contributed by atoms with Crippen molar-refractivity contribution in [3.8, 4) is 0 Å². The van der Waals surface area contributed by atoms with Crippen molar-refractivity contribution in [2.24, 2.45) is 11.5 Å². The lowest BCUT2D eigenvalue weighted by Gasteiger charge is -2.19. The van der Waals surface area contributed by atoms with E-state index in [4.69, 9.17) is 16.6 Å². The van der Waals surface area contributed by atoms with E-state index >= 15 is 0 Å². The third-order valence-electron chi connectivity index (χ3n) is 4.87. The van der Waals surface area contributed by atoms with E-state index in [9.17, 15) is 33.6 Å². The summed E-state index contributed by atoms with van der Waals surface area (Å²) in [6.45, 7) is -0.338. The molecule has 15 heteroatoms. The second-order valence-electron chi connectivity index (χ2n) is 7.67. The number of carboxylic acid groups (broad SMARTS) is 1. The first kappa shape index (κ1) is 28.3. The molecule has 1 aliphatic heterocycles. The summed E-state index contributed by atoms with van der Waals surface area (Å²) in [6.07, 6.45) is 0.581. The van der Waals surface area contributed by atoms with Gasteiger partial charge in [0.1, 0.15) is 12.1 Å². The summed E-state index contributed by atoms with van der Waals surface area (Å²) in [5.41, 5.74) is 10.1. The maximum Gasteiger partial charge on any atom is 0.326 e. The van der Waals surface area contributed by atoms with E-state index in [1.165, 1.54) is 0 Å². The molecule has 1 heterocycles.